The van der Waals surface area contributed by atoms with E-state index < -0.39 is 11.7 Å². The molecule has 0 aliphatic carbocycles. The molecule has 97 valence electrons. The number of carbonyl (C=O) groups excluding carboxylic acids is 1. The molecule has 1 rings (SSSR count). The number of rotatable bonds is 3. The van der Waals surface area contributed by atoms with Crippen LogP contribution >= 0.6 is 0 Å². The number of amides is 1. The zero-order chi connectivity index (χ0) is 12.9. The number of aromatic hydroxyl groups is 1. The first-order valence-electron chi connectivity index (χ1n) is 5.53. The van der Waals surface area contributed by atoms with Crippen LogP contribution < -0.4 is 5.32 Å². The Labute approximate surface area is 133 Å². The van der Waals surface area contributed by atoms with E-state index in [1.807, 2.05) is 20.8 Å². The van der Waals surface area contributed by atoms with Crippen LogP contribution in [0.1, 0.15) is 26.3 Å². The van der Waals surface area contributed by atoms with Gasteiger partial charge in [0, 0.05) is 45.0 Å². The molecule has 1 aromatic rings. The first-order chi connectivity index (χ1) is 7.87. The van der Waals surface area contributed by atoms with Crippen molar-refractivity contribution in [3.8, 4) is 5.75 Å². The SMILES string of the molecule is CC(C)(C)OC(=O)NCCc1c[c-]c(O)cc1.[Y]. The average Bonchev–Trinajstić information content (AvgIpc) is 2.18. The van der Waals surface area contributed by atoms with Gasteiger partial charge in [-0.3, -0.25) is 0 Å². The third kappa shape index (κ3) is 7.67. The Balaban J connectivity index is 0.00000289. The van der Waals surface area contributed by atoms with E-state index in [2.05, 4.69) is 11.4 Å². The van der Waals surface area contributed by atoms with Crippen LogP contribution in [0.4, 0.5) is 4.79 Å². The maximum absolute atomic E-state index is 11.3. The summed E-state index contributed by atoms with van der Waals surface area (Å²) in [5, 5.41) is 11.7. The number of nitrogens with one attached hydrogen (secondary N) is 1. The summed E-state index contributed by atoms with van der Waals surface area (Å²) in [4.78, 5) is 11.3. The molecule has 0 aliphatic rings. The number of ether oxygens (including phenoxy) is 1. The largest absolute Gasteiger partial charge is 0.534 e. The minimum absolute atomic E-state index is 0. The van der Waals surface area contributed by atoms with Crippen LogP contribution in [0, 0.1) is 6.07 Å². The number of benzene rings is 1. The van der Waals surface area contributed by atoms with Crippen molar-refractivity contribution in [1.82, 2.24) is 5.32 Å². The molecule has 1 aromatic carbocycles. The number of phenolic OH excluding ortho intramolecular Hbond substituents is 1. The molecular formula is C13H18NO3Y-. The molecule has 4 nitrogen and oxygen atoms in total. The summed E-state index contributed by atoms with van der Waals surface area (Å²) < 4.78 is 5.10. The Hall–Kier alpha value is -0.606. The minimum Gasteiger partial charge on any atom is -0.534 e. The normalized spacial score (nSPS) is 10.4. The summed E-state index contributed by atoms with van der Waals surface area (Å²) in [7, 11) is 0. The van der Waals surface area contributed by atoms with Crippen LogP contribution in [0.3, 0.4) is 0 Å². The average molecular weight is 325 g/mol. The van der Waals surface area contributed by atoms with Crippen LogP contribution in [-0.4, -0.2) is 23.3 Å². The fourth-order valence-electron chi connectivity index (χ4n) is 1.23. The second-order valence-corrected chi connectivity index (χ2v) is 4.76. The van der Waals surface area contributed by atoms with Crippen LogP contribution in [0.2, 0.25) is 0 Å². The molecule has 0 bridgehead atoms. The van der Waals surface area contributed by atoms with Crippen molar-refractivity contribution in [2.75, 3.05) is 6.54 Å². The fourth-order valence-corrected chi connectivity index (χ4v) is 1.23. The molecule has 1 amide bonds. The smallest absolute Gasteiger partial charge is 0.407 e. The van der Waals surface area contributed by atoms with Crippen molar-refractivity contribution in [3.63, 3.8) is 0 Å². The molecular weight excluding hydrogens is 307 g/mol. The van der Waals surface area contributed by atoms with Gasteiger partial charge in [-0.1, -0.05) is 6.42 Å². The van der Waals surface area contributed by atoms with Gasteiger partial charge in [-0.05, 0) is 20.8 Å². The van der Waals surface area contributed by atoms with E-state index in [4.69, 9.17) is 9.84 Å². The number of carbonyl (C=O) groups is 1. The maximum Gasteiger partial charge on any atom is 0.407 e. The molecule has 2 N–H and O–H groups in total. The molecule has 0 heterocycles. The summed E-state index contributed by atoms with van der Waals surface area (Å²) in [5.41, 5.74) is 0.523. The summed E-state index contributed by atoms with van der Waals surface area (Å²) in [6.07, 6.45) is 0.260. The van der Waals surface area contributed by atoms with Crippen LogP contribution in [0.15, 0.2) is 18.2 Å². The molecule has 18 heavy (non-hydrogen) atoms. The van der Waals surface area contributed by atoms with E-state index in [-0.39, 0.29) is 38.5 Å². The van der Waals surface area contributed by atoms with Gasteiger partial charge < -0.3 is 15.2 Å². The van der Waals surface area contributed by atoms with Gasteiger partial charge >= 0.3 is 6.09 Å². The van der Waals surface area contributed by atoms with Gasteiger partial charge in [0.1, 0.15) is 5.60 Å². The Bertz CT molecular complexity index is 371. The third-order valence-corrected chi connectivity index (χ3v) is 1.94. The van der Waals surface area contributed by atoms with Crippen molar-refractivity contribution in [2.24, 2.45) is 0 Å². The summed E-state index contributed by atoms with van der Waals surface area (Å²) >= 11 is 0. The van der Waals surface area contributed by atoms with Crippen LogP contribution in [0.25, 0.3) is 0 Å². The van der Waals surface area contributed by atoms with Crippen molar-refractivity contribution < 1.29 is 47.3 Å². The first kappa shape index (κ1) is 17.4. The van der Waals surface area contributed by atoms with Crippen molar-refractivity contribution in [2.45, 2.75) is 32.8 Å². The van der Waals surface area contributed by atoms with Gasteiger partial charge in [0.15, 0.2) is 0 Å². The molecule has 0 atom stereocenters. The zero-order valence-electron chi connectivity index (χ0n) is 11.0. The maximum atomic E-state index is 11.3. The van der Waals surface area contributed by atoms with Gasteiger partial charge in [0.25, 0.3) is 0 Å². The second kappa shape index (κ2) is 7.75. The molecule has 0 aliphatic heterocycles. The van der Waals surface area contributed by atoms with E-state index in [0.29, 0.717) is 13.0 Å². The van der Waals surface area contributed by atoms with Crippen LogP contribution in [-0.2, 0) is 43.9 Å². The topological polar surface area (TPSA) is 58.6 Å². The number of hydrogen-bond donors (Lipinski definition) is 2. The van der Waals surface area contributed by atoms with Gasteiger partial charge in [-0.15, -0.1) is 12.1 Å². The third-order valence-electron chi connectivity index (χ3n) is 1.94. The Morgan fingerprint density at radius 3 is 2.61 bits per heavy atom. The van der Waals surface area contributed by atoms with Crippen LogP contribution in [0.5, 0.6) is 5.75 Å². The molecule has 5 heteroatoms. The van der Waals surface area contributed by atoms with E-state index in [9.17, 15) is 4.79 Å². The molecule has 0 aromatic heterocycles. The predicted octanol–water partition coefficient (Wildman–Crippen LogP) is 2.26. The van der Waals surface area contributed by atoms with Gasteiger partial charge in [-0.2, -0.15) is 17.7 Å². The minimum atomic E-state index is -0.476. The quantitative estimate of drug-likeness (QED) is 0.838. The molecule has 0 saturated heterocycles. The van der Waals surface area contributed by atoms with E-state index in [1.165, 1.54) is 0 Å². The van der Waals surface area contributed by atoms with E-state index in [1.54, 1.807) is 18.2 Å². The zero-order valence-corrected chi connectivity index (χ0v) is 13.8. The number of phenols is 1. The molecule has 0 unspecified atom stereocenters. The van der Waals surface area contributed by atoms with Crippen molar-refractivity contribution >= 4 is 6.09 Å². The monoisotopic (exact) mass is 325 g/mol. The van der Waals surface area contributed by atoms with Gasteiger partial charge in [0.05, 0.1) is 0 Å². The van der Waals surface area contributed by atoms with Gasteiger partial charge in [-0.25, -0.2) is 4.79 Å². The Morgan fingerprint density at radius 1 is 1.44 bits per heavy atom. The Morgan fingerprint density at radius 2 is 2.11 bits per heavy atom. The predicted molar refractivity (Wildman–Crippen MR) is 64.9 cm³/mol. The second-order valence-electron chi connectivity index (χ2n) is 4.76. The van der Waals surface area contributed by atoms with Gasteiger partial charge in [0.2, 0.25) is 0 Å². The number of hydrogen-bond acceptors (Lipinski definition) is 3. The molecule has 1 radical (unpaired) electrons. The van der Waals surface area contributed by atoms with E-state index >= 15 is 0 Å². The standard InChI is InChI=1S/C13H18NO3.Y/c1-13(2,3)17-12(16)14-9-8-10-4-6-11(15)7-5-10;/h4-6,15H,8-9H2,1-3H3,(H,14,16);/q-1;. The fraction of sp³-hybridized carbons (Fsp3) is 0.462. The summed E-state index contributed by atoms with van der Waals surface area (Å²) in [5.74, 6) is 0.119. The molecule has 0 fully saturated rings. The number of alkyl carbamates (subject to hydrolysis) is 1. The summed E-state index contributed by atoms with van der Waals surface area (Å²) in [6.45, 7) is 5.96. The molecule has 0 saturated carbocycles. The van der Waals surface area contributed by atoms with Crippen molar-refractivity contribution in [3.05, 3.63) is 29.8 Å². The first-order valence-corrected chi connectivity index (χ1v) is 5.53. The summed E-state index contributed by atoms with van der Waals surface area (Å²) in [6, 6.07) is 7.75. The van der Waals surface area contributed by atoms with E-state index in [0.717, 1.165) is 5.56 Å². The van der Waals surface area contributed by atoms with Crippen molar-refractivity contribution in [1.29, 1.82) is 0 Å². The Kier molecular flexibility index (Phi) is 7.49. The molecule has 0 spiro atoms.